The van der Waals surface area contributed by atoms with Crippen molar-refractivity contribution in [2.24, 2.45) is 0 Å². The minimum atomic E-state index is -0.0861. The van der Waals surface area contributed by atoms with Gasteiger partial charge in [-0.15, -0.1) is 0 Å². The molecule has 0 spiro atoms. The third-order valence-electron chi connectivity index (χ3n) is 3.70. The van der Waals surface area contributed by atoms with Gasteiger partial charge in [-0.25, -0.2) is 0 Å². The first kappa shape index (κ1) is 18.0. The summed E-state index contributed by atoms with van der Waals surface area (Å²) in [4.78, 5) is 23.7. The lowest BCUT2D eigenvalue weighted by molar-refractivity contribution is -0.116. The molecule has 2 N–H and O–H groups in total. The largest absolute Gasteiger partial charge is 0.326 e. The van der Waals surface area contributed by atoms with Gasteiger partial charge in [0.2, 0.25) is 11.8 Å². The average molecular weight is 345 g/mol. The number of hydrogen-bond acceptors (Lipinski definition) is 2. The number of halogens is 1. The van der Waals surface area contributed by atoms with Gasteiger partial charge in [0.1, 0.15) is 0 Å². The first-order valence-corrected chi connectivity index (χ1v) is 8.31. The van der Waals surface area contributed by atoms with Crippen LogP contribution in [0.4, 0.5) is 11.4 Å². The zero-order valence-corrected chi connectivity index (χ0v) is 14.6. The van der Waals surface area contributed by atoms with Gasteiger partial charge in [0, 0.05) is 29.2 Å². The molecule has 2 rings (SSSR count). The van der Waals surface area contributed by atoms with Crippen LogP contribution in [0.3, 0.4) is 0 Å². The van der Waals surface area contributed by atoms with Crippen molar-refractivity contribution in [2.45, 2.75) is 33.1 Å². The van der Waals surface area contributed by atoms with E-state index in [1.54, 1.807) is 13.0 Å². The number of hydrogen-bond donors (Lipinski definition) is 2. The van der Waals surface area contributed by atoms with Gasteiger partial charge in [0.05, 0.1) is 0 Å². The Hall–Kier alpha value is -2.33. The van der Waals surface area contributed by atoms with Gasteiger partial charge >= 0.3 is 0 Å². The van der Waals surface area contributed by atoms with E-state index in [1.165, 1.54) is 0 Å². The van der Waals surface area contributed by atoms with E-state index in [4.69, 9.17) is 11.6 Å². The fraction of sp³-hybridized carbons (Fsp3) is 0.263. The maximum Gasteiger partial charge on any atom is 0.224 e. The molecular weight excluding hydrogens is 324 g/mol. The average Bonchev–Trinajstić information content (AvgIpc) is 2.57. The fourth-order valence-electron chi connectivity index (χ4n) is 2.25. The van der Waals surface area contributed by atoms with E-state index >= 15 is 0 Å². The minimum absolute atomic E-state index is 0.0603. The van der Waals surface area contributed by atoms with Crippen molar-refractivity contribution in [3.05, 3.63) is 58.6 Å². The molecule has 2 aromatic rings. The predicted octanol–water partition coefficient (Wildman–Crippen LogP) is 4.57. The van der Waals surface area contributed by atoms with Crippen LogP contribution in [0.1, 0.15) is 30.9 Å². The third kappa shape index (κ3) is 5.10. The van der Waals surface area contributed by atoms with E-state index in [0.717, 1.165) is 11.1 Å². The van der Waals surface area contributed by atoms with Crippen molar-refractivity contribution < 1.29 is 9.59 Å². The fourth-order valence-corrected chi connectivity index (χ4v) is 2.48. The van der Waals surface area contributed by atoms with E-state index in [0.29, 0.717) is 35.7 Å². The van der Waals surface area contributed by atoms with Gasteiger partial charge in [-0.05, 0) is 42.7 Å². The molecule has 0 saturated carbocycles. The highest BCUT2D eigenvalue weighted by Crippen LogP contribution is 2.21. The number of aryl methyl sites for hydroxylation is 2. The molecule has 4 nitrogen and oxygen atoms in total. The van der Waals surface area contributed by atoms with Crippen LogP contribution in [-0.2, 0) is 16.0 Å². The molecule has 2 amide bonds. The SMILES string of the molecule is CCC(=O)Nc1ccc(C)c(NC(=O)CCc2ccccc2Cl)c1. The molecule has 126 valence electrons. The zero-order chi connectivity index (χ0) is 17.5. The predicted molar refractivity (Wildman–Crippen MR) is 98.5 cm³/mol. The quantitative estimate of drug-likeness (QED) is 0.806. The molecule has 0 aliphatic rings. The summed E-state index contributed by atoms with van der Waals surface area (Å²) in [6.07, 6.45) is 1.33. The van der Waals surface area contributed by atoms with Crippen LogP contribution >= 0.6 is 11.6 Å². The highest BCUT2D eigenvalue weighted by Gasteiger charge is 2.08. The molecule has 0 radical (unpaired) electrons. The van der Waals surface area contributed by atoms with Crippen molar-refractivity contribution in [1.82, 2.24) is 0 Å². The van der Waals surface area contributed by atoms with Crippen LogP contribution in [0.25, 0.3) is 0 Å². The highest BCUT2D eigenvalue weighted by atomic mass is 35.5. The van der Waals surface area contributed by atoms with Crippen LogP contribution < -0.4 is 10.6 Å². The van der Waals surface area contributed by atoms with Crippen LogP contribution in [0.5, 0.6) is 0 Å². The Bertz CT molecular complexity index is 744. The van der Waals surface area contributed by atoms with Crippen LogP contribution in [0.15, 0.2) is 42.5 Å². The Morgan fingerprint density at radius 3 is 2.50 bits per heavy atom. The molecule has 2 aromatic carbocycles. The van der Waals surface area contributed by atoms with Crippen LogP contribution in [-0.4, -0.2) is 11.8 Å². The van der Waals surface area contributed by atoms with Gasteiger partial charge < -0.3 is 10.6 Å². The zero-order valence-electron chi connectivity index (χ0n) is 13.9. The molecule has 0 bridgehead atoms. The van der Waals surface area contributed by atoms with Gasteiger partial charge in [-0.3, -0.25) is 9.59 Å². The summed E-state index contributed by atoms with van der Waals surface area (Å²) in [6, 6.07) is 13.0. The highest BCUT2D eigenvalue weighted by molar-refractivity contribution is 6.31. The molecule has 0 unspecified atom stereocenters. The number of nitrogens with one attached hydrogen (secondary N) is 2. The standard InChI is InChI=1S/C19H21ClN2O2/c1-3-18(23)21-15-10-8-13(2)17(12-15)22-19(24)11-9-14-6-4-5-7-16(14)20/h4-8,10,12H,3,9,11H2,1-2H3,(H,21,23)(H,22,24). The summed E-state index contributed by atoms with van der Waals surface area (Å²) in [5, 5.41) is 6.36. The maximum atomic E-state index is 12.2. The lowest BCUT2D eigenvalue weighted by atomic mass is 10.1. The molecule has 0 fully saturated rings. The summed E-state index contributed by atoms with van der Waals surface area (Å²) in [6.45, 7) is 3.70. The minimum Gasteiger partial charge on any atom is -0.326 e. The molecule has 24 heavy (non-hydrogen) atoms. The van der Waals surface area contributed by atoms with Gasteiger partial charge in [0.25, 0.3) is 0 Å². The number of anilines is 2. The lowest BCUT2D eigenvalue weighted by Crippen LogP contribution is -2.14. The molecule has 5 heteroatoms. The summed E-state index contributed by atoms with van der Waals surface area (Å²) >= 11 is 6.10. The topological polar surface area (TPSA) is 58.2 Å². The van der Waals surface area contributed by atoms with Gasteiger partial charge in [0.15, 0.2) is 0 Å². The summed E-state index contributed by atoms with van der Waals surface area (Å²) in [7, 11) is 0. The normalized spacial score (nSPS) is 10.3. The second-order valence-electron chi connectivity index (χ2n) is 5.57. The first-order valence-electron chi connectivity index (χ1n) is 7.93. The third-order valence-corrected chi connectivity index (χ3v) is 4.06. The van der Waals surface area contributed by atoms with E-state index in [-0.39, 0.29) is 11.8 Å². The molecule has 0 saturated heterocycles. The van der Waals surface area contributed by atoms with Gasteiger partial charge in [-0.1, -0.05) is 42.8 Å². The smallest absolute Gasteiger partial charge is 0.224 e. The van der Waals surface area contributed by atoms with Crippen molar-refractivity contribution in [2.75, 3.05) is 10.6 Å². The monoisotopic (exact) mass is 344 g/mol. The molecule has 0 aliphatic heterocycles. The number of carbonyl (C=O) groups is 2. The van der Waals surface area contributed by atoms with E-state index in [1.807, 2.05) is 43.3 Å². The first-order chi connectivity index (χ1) is 11.5. The van der Waals surface area contributed by atoms with E-state index in [9.17, 15) is 9.59 Å². The summed E-state index contributed by atoms with van der Waals surface area (Å²) in [5.74, 6) is -0.146. The molecule has 0 aromatic heterocycles. The molecule has 0 aliphatic carbocycles. The van der Waals surface area contributed by atoms with Crippen molar-refractivity contribution >= 4 is 34.8 Å². The Balaban J connectivity index is 1.99. The van der Waals surface area contributed by atoms with Crippen LogP contribution in [0.2, 0.25) is 5.02 Å². The second-order valence-corrected chi connectivity index (χ2v) is 5.98. The summed E-state index contributed by atoms with van der Waals surface area (Å²) < 4.78 is 0. The molecular formula is C19H21ClN2O2. The Labute approximate surface area is 147 Å². The van der Waals surface area contributed by atoms with Crippen molar-refractivity contribution in [3.8, 4) is 0 Å². The van der Waals surface area contributed by atoms with Gasteiger partial charge in [-0.2, -0.15) is 0 Å². The Morgan fingerprint density at radius 2 is 1.79 bits per heavy atom. The second kappa shape index (κ2) is 8.50. The summed E-state index contributed by atoms with van der Waals surface area (Å²) in [5.41, 5.74) is 3.27. The Kier molecular flexibility index (Phi) is 6.38. The van der Waals surface area contributed by atoms with Crippen LogP contribution in [0, 0.1) is 6.92 Å². The Morgan fingerprint density at radius 1 is 1.04 bits per heavy atom. The van der Waals surface area contributed by atoms with E-state index in [2.05, 4.69) is 10.6 Å². The van der Waals surface area contributed by atoms with E-state index < -0.39 is 0 Å². The van der Waals surface area contributed by atoms with Crippen molar-refractivity contribution in [3.63, 3.8) is 0 Å². The lowest BCUT2D eigenvalue weighted by Gasteiger charge is -2.11. The number of benzene rings is 2. The number of rotatable bonds is 6. The maximum absolute atomic E-state index is 12.2. The molecule has 0 heterocycles. The number of carbonyl (C=O) groups excluding carboxylic acids is 2. The molecule has 0 atom stereocenters. The number of amides is 2. The van der Waals surface area contributed by atoms with Crippen molar-refractivity contribution in [1.29, 1.82) is 0 Å².